The first-order valence-electron chi connectivity index (χ1n) is 5.87. The van der Waals surface area contributed by atoms with Crippen molar-refractivity contribution in [2.45, 2.75) is 35.7 Å². The van der Waals surface area contributed by atoms with Gasteiger partial charge in [-0.3, -0.25) is 0 Å². The van der Waals surface area contributed by atoms with Crippen molar-refractivity contribution in [1.29, 1.82) is 0 Å². The molecule has 8 heteroatoms. The molecule has 1 atom stereocenters. The van der Waals surface area contributed by atoms with Gasteiger partial charge in [0.15, 0.2) is 0 Å². The molecule has 0 aliphatic carbocycles. The van der Waals surface area contributed by atoms with Crippen LogP contribution in [0.3, 0.4) is 0 Å². The Balaban J connectivity index is 2.50. The molecule has 1 rings (SSSR count). The number of sulfonamides is 1. The molecule has 0 amide bonds. The Morgan fingerprint density at radius 3 is 2.30 bits per heavy atom. The van der Waals surface area contributed by atoms with Crippen LogP contribution in [0.5, 0.6) is 0 Å². The summed E-state index contributed by atoms with van der Waals surface area (Å²) < 4.78 is 62.3. The monoisotopic (exact) mass is 373 g/mol. The second-order valence-electron chi connectivity index (χ2n) is 4.42. The molecule has 0 aliphatic heterocycles. The third kappa shape index (κ3) is 6.23. The highest BCUT2D eigenvalue weighted by Gasteiger charge is 2.30. The molecule has 114 valence electrons. The van der Waals surface area contributed by atoms with Gasteiger partial charge >= 0.3 is 6.18 Å². The van der Waals surface area contributed by atoms with E-state index in [1.165, 1.54) is 12.1 Å². The Morgan fingerprint density at radius 2 is 1.80 bits per heavy atom. The summed E-state index contributed by atoms with van der Waals surface area (Å²) in [6.07, 6.45) is -5.19. The maximum Gasteiger partial charge on any atom is 0.390 e. The highest BCUT2D eigenvalue weighted by Crippen LogP contribution is 2.26. The standard InChI is InChI=1S/C12H15BrF3NO2S/c1-9-2-4-11(5-3-9)20(18,19)17-7-6-10(13)8-12(14,15)16/h2-5,10,17H,6-8H2,1H3. The largest absolute Gasteiger partial charge is 0.390 e. The van der Waals surface area contributed by atoms with Crippen LogP contribution in [0.2, 0.25) is 0 Å². The fraction of sp³-hybridized carbons (Fsp3) is 0.500. The quantitative estimate of drug-likeness (QED) is 0.776. The van der Waals surface area contributed by atoms with Crippen molar-refractivity contribution in [2.24, 2.45) is 0 Å². The summed E-state index contributed by atoms with van der Waals surface area (Å²) in [5.41, 5.74) is 0.926. The molecule has 0 aromatic heterocycles. The van der Waals surface area contributed by atoms with Gasteiger partial charge in [0.05, 0.1) is 11.3 Å². The molecule has 0 bridgehead atoms. The molecule has 0 aliphatic rings. The number of benzene rings is 1. The van der Waals surface area contributed by atoms with Crippen molar-refractivity contribution in [3.63, 3.8) is 0 Å². The van der Waals surface area contributed by atoms with Gasteiger partial charge in [-0.2, -0.15) is 13.2 Å². The molecule has 1 unspecified atom stereocenters. The van der Waals surface area contributed by atoms with Crippen molar-refractivity contribution < 1.29 is 21.6 Å². The van der Waals surface area contributed by atoms with Gasteiger partial charge in [-0.1, -0.05) is 33.6 Å². The van der Waals surface area contributed by atoms with Crippen LogP contribution in [-0.2, 0) is 10.0 Å². The lowest BCUT2D eigenvalue weighted by atomic mass is 10.2. The Hall–Kier alpha value is -0.600. The average Bonchev–Trinajstić information content (AvgIpc) is 2.26. The Kier molecular flexibility index (Phi) is 6.03. The van der Waals surface area contributed by atoms with Crippen LogP contribution in [0.1, 0.15) is 18.4 Å². The predicted octanol–water partition coefficient (Wildman–Crippen LogP) is 3.38. The van der Waals surface area contributed by atoms with Crippen molar-refractivity contribution >= 4 is 26.0 Å². The van der Waals surface area contributed by atoms with E-state index < -0.39 is 27.4 Å². The first-order valence-corrected chi connectivity index (χ1v) is 8.27. The molecule has 0 heterocycles. The van der Waals surface area contributed by atoms with E-state index in [9.17, 15) is 21.6 Å². The van der Waals surface area contributed by atoms with Crippen LogP contribution in [0.4, 0.5) is 13.2 Å². The first kappa shape index (κ1) is 17.5. The van der Waals surface area contributed by atoms with Crippen LogP contribution in [-0.4, -0.2) is 26.0 Å². The van der Waals surface area contributed by atoms with Crippen molar-refractivity contribution in [1.82, 2.24) is 4.72 Å². The smallest absolute Gasteiger partial charge is 0.211 e. The van der Waals surface area contributed by atoms with Crippen LogP contribution in [0.25, 0.3) is 0 Å². The maximum atomic E-state index is 12.1. The minimum Gasteiger partial charge on any atom is -0.211 e. The van der Waals surface area contributed by atoms with E-state index in [0.29, 0.717) is 0 Å². The molecule has 0 saturated carbocycles. The van der Waals surface area contributed by atoms with Crippen LogP contribution < -0.4 is 4.72 Å². The van der Waals surface area contributed by atoms with Crippen LogP contribution in [0, 0.1) is 6.92 Å². The third-order valence-electron chi connectivity index (χ3n) is 2.53. The molecule has 0 saturated heterocycles. The number of hydrogen-bond donors (Lipinski definition) is 1. The van der Waals surface area contributed by atoms with Crippen LogP contribution in [0.15, 0.2) is 29.2 Å². The minimum atomic E-state index is -4.26. The van der Waals surface area contributed by atoms with Gasteiger partial charge in [0.1, 0.15) is 0 Å². The van der Waals surface area contributed by atoms with E-state index in [2.05, 4.69) is 20.7 Å². The maximum absolute atomic E-state index is 12.1. The molecule has 20 heavy (non-hydrogen) atoms. The van der Waals surface area contributed by atoms with E-state index in [-0.39, 0.29) is 17.9 Å². The summed E-state index contributed by atoms with van der Waals surface area (Å²) in [6, 6.07) is 6.23. The molecule has 1 aromatic carbocycles. The summed E-state index contributed by atoms with van der Waals surface area (Å²) in [5.74, 6) is 0. The lowest BCUT2D eigenvalue weighted by Gasteiger charge is -2.13. The van der Waals surface area contributed by atoms with E-state index in [4.69, 9.17) is 0 Å². The summed E-state index contributed by atoms with van der Waals surface area (Å²) >= 11 is 2.89. The number of rotatable bonds is 6. The molecule has 1 aromatic rings. The van der Waals surface area contributed by atoms with Gasteiger partial charge in [0, 0.05) is 11.4 Å². The molecule has 1 N–H and O–H groups in total. The van der Waals surface area contributed by atoms with Crippen molar-refractivity contribution in [2.75, 3.05) is 6.54 Å². The lowest BCUT2D eigenvalue weighted by molar-refractivity contribution is -0.134. The molecule has 0 spiro atoms. The van der Waals surface area contributed by atoms with E-state index in [0.717, 1.165) is 5.56 Å². The number of hydrogen-bond acceptors (Lipinski definition) is 2. The third-order valence-corrected chi connectivity index (χ3v) is 4.79. The predicted molar refractivity (Wildman–Crippen MR) is 74.4 cm³/mol. The van der Waals surface area contributed by atoms with E-state index in [1.54, 1.807) is 12.1 Å². The zero-order valence-corrected chi connectivity index (χ0v) is 13.1. The van der Waals surface area contributed by atoms with Gasteiger partial charge in [0.25, 0.3) is 0 Å². The Labute approximate surface area is 124 Å². The number of nitrogens with one attached hydrogen (secondary N) is 1. The fourth-order valence-corrected chi connectivity index (χ4v) is 3.15. The summed E-state index contributed by atoms with van der Waals surface area (Å²) in [6.45, 7) is 1.78. The van der Waals surface area contributed by atoms with Crippen molar-refractivity contribution in [3.05, 3.63) is 29.8 Å². The van der Waals surface area contributed by atoms with Crippen molar-refractivity contribution in [3.8, 4) is 0 Å². The Bertz CT molecular complexity index is 529. The average molecular weight is 374 g/mol. The van der Waals surface area contributed by atoms with E-state index >= 15 is 0 Å². The van der Waals surface area contributed by atoms with Gasteiger partial charge in [-0.15, -0.1) is 0 Å². The lowest BCUT2D eigenvalue weighted by Crippen LogP contribution is -2.27. The number of halogens is 4. The minimum absolute atomic E-state index is 0.0534. The van der Waals surface area contributed by atoms with E-state index in [1.807, 2.05) is 6.92 Å². The topological polar surface area (TPSA) is 46.2 Å². The van der Waals surface area contributed by atoms with Crippen LogP contribution >= 0.6 is 15.9 Å². The summed E-state index contributed by atoms with van der Waals surface area (Å²) in [7, 11) is -3.67. The Morgan fingerprint density at radius 1 is 1.25 bits per heavy atom. The summed E-state index contributed by atoms with van der Waals surface area (Å²) in [5, 5.41) is 0. The number of alkyl halides is 4. The number of aryl methyl sites for hydroxylation is 1. The highest BCUT2D eigenvalue weighted by atomic mass is 79.9. The highest BCUT2D eigenvalue weighted by molar-refractivity contribution is 9.09. The normalized spacial score (nSPS) is 14.2. The zero-order chi connectivity index (χ0) is 15.4. The SMILES string of the molecule is Cc1ccc(S(=O)(=O)NCCC(Br)CC(F)(F)F)cc1. The van der Waals surface area contributed by atoms with Gasteiger partial charge in [0.2, 0.25) is 10.0 Å². The second kappa shape index (κ2) is 6.91. The molecular formula is C12H15BrF3NO2S. The zero-order valence-electron chi connectivity index (χ0n) is 10.7. The first-order chi connectivity index (χ1) is 9.10. The molecule has 0 fully saturated rings. The van der Waals surface area contributed by atoms with Gasteiger partial charge < -0.3 is 0 Å². The summed E-state index contributed by atoms with van der Waals surface area (Å²) in [4.78, 5) is -0.701. The molecule has 0 radical (unpaired) electrons. The molecular weight excluding hydrogens is 359 g/mol. The fourth-order valence-electron chi connectivity index (χ4n) is 1.50. The van der Waals surface area contributed by atoms with Gasteiger partial charge in [-0.25, -0.2) is 13.1 Å². The molecule has 3 nitrogen and oxygen atoms in total. The van der Waals surface area contributed by atoms with Gasteiger partial charge in [-0.05, 0) is 25.5 Å². The second-order valence-corrected chi connectivity index (χ2v) is 7.48.